The molecule has 5 nitrogen and oxygen atoms in total. The van der Waals surface area contributed by atoms with E-state index in [4.69, 9.17) is 5.73 Å². The highest BCUT2D eigenvalue weighted by Gasteiger charge is 2.21. The second-order valence-electron chi connectivity index (χ2n) is 4.89. The molecule has 2 rings (SSSR count). The molecule has 18 heavy (non-hydrogen) atoms. The van der Waals surface area contributed by atoms with Crippen LogP contribution in [0.5, 0.6) is 0 Å². The molecule has 1 aromatic heterocycles. The van der Waals surface area contributed by atoms with Crippen molar-refractivity contribution in [3.63, 3.8) is 0 Å². The third kappa shape index (κ3) is 2.79. The summed E-state index contributed by atoms with van der Waals surface area (Å²) >= 11 is 0. The average Bonchev–Trinajstić information content (AvgIpc) is 2.39. The molecule has 1 amide bonds. The van der Waals surface area contributed by atoms with Crippen molar-refractivity contribution >= 4 is 11.7 Å². The number of carbonyl (C=O) groups is 1. The van der Waals surface area contributed by atoms with Gasteiger partial charge in [-0.05, 0) is 45.1 Å². The molecular weight excluding hydrogens is 228 g/mol. The summed E-state index contributed by atoms with van der Waals surface area (Å²) in [7, 11) is 4.17. The van der Waals surface area contributed by atoms with Crippen LogP contribution in [0.15, 0.2) is 18.2 Å². The standard InChI is InChI=1S/C13H20N4O/c1-16-8-6-10(7-9-16)17(2)12-5-3-4-11(15-12)13(14)18/h3-5,10H,6-9H2,1-2H3,(H2,14,18). The molecule has 0 atom stereocenters. The number of hydrogen-bond donors (Lipinski definition) is 1. The largest absolute Gasteiger partial charge is 0.364 e. The lowest BCUT2D eigenvalue weighted by molar-refractivity contribution is 0.0995. The predicted octanol–water partition coefficient (Wildman–Crippen LogP) is 0.711. The zero-order valence-corrected chi connectivity index (χ0v) is 11.0. The number of likely N-dealkylation sites (tertiary alicyclic amines) is 1. The molecule has 1 fully saturated rings. The number of piperidine rings is 1. The highest BCUT2D eigenvalue weighted by molar-refractivity contribution is 5.91. The van der Waals surface area contributed by atoms with E-state index in [0.717, 1.165) is 31.7 Å². The third-order valence-electron chi connectivity index (χ3n) is 3.58. The summed E-state index contributed by atoms with van der Waals surface area (Å²) in [6, 6.07) is 5.88. The van der Waals surface area contributed by atoms with Gasteiger partial charge in [-0.1, -0.05) is 6.07 Å². The smallest absolute Gasteiger partial charge is 0.267 e. The Bertz CT molecular complexity index is 427. The molecule has 1 aliphatic heterocycles. The number of nitrogens with zero attached hydrogens (tertiary/aromatic N) is 3. The highest BCUT2D eigenvalue weighted by Crippen LogP contribution is 2.20. The van der Waals surface area contributed by atoms with Crippen LogP contribution >= 0.6 is 0 Å². The molecule has 0 aliphatic carbocycles. The number of anilines is 1. The van der Waals surface area contributed by atoms with Crippen molar-refractivity contribution < 1.29 is 4.79 Å². The van der Waals surface area contributed by atoms with Gasteiger partial charge in [-0.3, -0.25) is 4.79 Å². The summed E-state index contributed by atoms with van der Waals surface area (Å²) < 4.78 is 0. The van der Waals surface area contributed by atoms with Crippen molar-refractivity contribution in [2.24, 2.45) is 5.73 Å². The fraction of sp³-hybridized carbons (Fsp3) is 0.538. The predicted molar refractivity (Wildman–Crippen MR) is 71.7 cm³/mol. The van der Waals surface area contributed by atoms with Crippen molar-refractivity contribution in [1.29, 1.82) is 0 Å². The van der Waals surface area contributed by atoms with Crippen LogP contribution in [-0.4, -0.2) is 49.0 Å². The first-order valence-corrected chi connectivity index (χ1v) is 6.26. The SMILES string of the molecule is CN1CCC(N(C)c2cccc(C(N)=O)n2)CC1. The fourth-order valence-corrected chi connectivity index (χ4v) is 2.33. The van der Waals surface area contributed by atoms with Crippen LogP contribution in [-0.2, 0) is 0 Å². The van der Waals surface area contributed by atoms with Crippen LogP contribution in [0, 0.1) is 0 Å². The number of hydrogen-bond acceptors (Lipinski definition) is 4. The Balaban J connectivity index is 2.10. The van der Waals surface area contributed by atoms with Crippen molar-refractivity contribution in [2.45, 2.75) is 18.9 Å². The molecule has 5 heteroatoms. The number of pyridine rings is 1. The second kappa shape index (κ2) is 5.35. The molecule has 0 aromatic carbocycles. The molecule has 2 heterocycles. The first-order chi connectivity index (χ1) is 8.58. The molecule has 98 valence electrons. The number of nitrogens with two attached hydrogens (primary N) is 1. The third-order valence-corrected chi connectivity index (χ3v) is 3.58. The Kier molecular flexibility index (Phi) is 3.81. The van der Waals surface area contributed by atoms with Crippen molar-refractivity contribution in [1.82, 2.24) is 9.88 Å². The van der Waals surface area contributed by atoms with E-state index in [1.54, 1.807) is 6.07 Å². The molecule has 0 unspecified atom stereocenters. The van der Waals surface area contributed by atoms with Gasteiger partial charge in [0.05, 0.1) is 0 Å². The minimum absolute atomic E-state index is 0.326. The maximum absolute atomic E-state index is 11.1. The lowest BCUT2D eigenvalue weighted by atomic mass is 10.0. The Morgan fingerprint density at radius 2 is 2.11 bits per heavy atom. The van der Waals surface area contributed by atoms with Crippen LogP contribution in [0.25, 0.3) is 0 Å². The molecule has 0 saturated carbocycles. The summed E-state index contributed by atoms with van der Waals surface area (Å²) in [4.78, 5) is 19.9. The molecule has 2 N–H and O–H groups in total. The van der Waals surface area contributed by atoms with E-state index in [1.165, 1.54) is 0 Å². The van der Waals surface area contributed by atoms with Crippen LogP contribution in [0.2, 0.25) is 0 Å². The summed E-state index contributed by atoms with van der Waals surface area (Å²) in [6.07, 6.45) is 2.24. The van der Waals surface area contributed by atoms with Crippen molar-refractivity contribution in [2.75, 3.05) is 32.1 Å². The summed E-state index contributed by atoms with van der Waals surface area (Å²) in [6.45, 7) is 2.20. The van der Waals surface area contributed by atoms with Gasteiger partial charge < -0.3 is 15.5 Å². The van der Waals surface area contributed by atoms with Crippen LogP contribution < -0.4 is 10.6 Å². The second-order valence-corrected chi connectivity index (χ2v) is 4.89. The van der Waals surface area contributed by atoms with E-state index in [9.17, 15) is 4.79 Å². The first kappa shape index (κ1) is 12.8. The quantitative estimate of drug-likeness (QED) is 0.855. The van der Waals surface area contributed by atoms with Crippen LogP contribution in [0.1, 0.15) is 23.3 Å². The van der Waals surface area contributed by atoms with Gasteiger partial charge in [-0.25, -0.2) is 4.98 Å². The minimum atomic E-state index is -0.478. The number of carbonyl (C=O) groups excluding carboxylic acids is 1. The molecule has 0 radical (unpaired) electrons. The first-order valence-electron chi connectivity index (χ1n) is 6.26. The van der Waals surface area contributed by atoms with Gasteiger partial charge in [0.1, 0.15) is 11.5 Å². The Morgan fingerprint density at radius 3 is 2.72 bits per heavy atom. The minimum Gasteiger partial charge on any atom is -0.364 e. The molecule has 1 saturated heterocycles. The van der Waals surface area contributed by atoms with Gasteiger partial charge in [0.25, 0.3) is 5.91 Å². The number of aromatic nitrogens is 1. The molecule has 1 aromatic rings. The van der Waals surface area contributed by atoms with Gasteiger partial charge in [0.2, 0.25) is 0 Å². The molecular formula is C13H20N4O. The molecule has 0 spiro atoms. The van der Waals surface area contributed by atoms with Crippen molar-refractivity contribution in [3.05, 3.63) is 23.9 Å². The van der Waals surface area contributed by atoms with Crippen LogP contribution in [0.4, 0.5) is 5.82 Å². The van der Waals surface area contributed by atoms with E-state index in [1.807, 2.05) is 19.2 Å². The zero-order chi connectivity index (χ0) is 13.1. The fourth-order valence-electron chi connectivity index (χ4n) is 2.33. The number of primary amides is 1. The molecule has 0 bridgehead atoms. The molecule has 1 aliphatic rings. The number of amides is 1. The van der Waals surface area contributed by atoms with Gasteiger partial charge in [-0.15, -0.1) is 0 Å². The normalized spacial score (nSPS) is 17.7. The maximum atomic E-state index is 11.1. The monoisotopic (exact) mass is 248 g/mol. The summed E-state index contributed by atoms with van der Waals surface area (Å²) in [5.41, 5.74) is 5.58. The van der Waals surface area contributed by atoms with E-state index in [2.05, 4.69) is 21.8 Å². The van der Waals surface area contributed by atoms with E-state index in [-0.39, 0.29) is 0 Å². The maximum Gasteiger partial charge on any atom is 0.267 e. The Morgan fingerprint density at radius 1 is 1.44 bits per heavy atom. The van der Waals surface area contributed by atoms with E-state index in [0.29, 0.717) is 11.7 Å². The summed E-state index contributed by atoms with van der Waals surface area (Å²) in [5.74, 6) is 0.342. The Labute approximate surface area is 108 Å². The summed E-state index contributed by atoms with van der Waals surface area (Å²) in [5, 5.41) is 0. The lowest BCUT2D eigenvalue weighted by Gasteiger charge is -2.35. The van der Waals surface area contributed by atoms with Crippen LogP contribution in [0.3, 0.4) is 0 Å². The van der Waals surface area contributed by atoms with Gasteiger partial charge >= 0.3 is 0 Å². The van der Waals surface area contributed by atoms with Gasteiger partial charge in [0.15, 0.2) is 0 Å². The van der Waals surface area contributed by atoms with E-state index >= 15 is 0 Å². The van der Waals surface area contributed by atoms with Gasteiger partial charge in [0, 0.05) is 13.1 Å². The Hall–Kier alpha value is -1.62. The lowest BCUT2D eigenvalue weighted by Crippen LogP contribution is -2.42. The highest BCUT2D eigenvalue weighted by atomic mass is 16.1. The zero-order valence-electron chi connectivity index (χ0n) is 11.0. The average molecular weight is 248 g/mol. The van der Waals surface area contributed by atoms with Gasteiger partial charge in [-0.2, -0.15) is 0 Å². The topological polar surface area (TPSA) is 62.5 Å². The van der Waals surface area contributed by atoms with E-state index < -0.39 is 5.91 Å². The van der Waals surface area contributed by atoms with Crippen molar-refractivity contribution in [3.8, 4) is 0 Å². The number of rotatable bonds is 3.